The minimum atomic E-state index is -0.624. The molecule has 120 valence electrons. The van der Waals surface area contributed by atoms with E-state index in [-0.39, 0.29) is 0 Å². The highest BCUT2D eigenvalue weighted by molar-refractivity contribution is 7.16. The highest BCUT2D eigenvalue weighted by Gasteiger charge is 2.12. The molecule has 0 aliphatic rings. The first-order chi connectivity index (χ1) is 10.6. The number of thiophene rings is 2. The molecule has 0 aliphatic heterocycles. The van der Waals surface area contributed by atoms with Crippen molar-refractivity contribution in [2.24, 2.45) is 4.99 Å². The number of nitrogens with zero attached hydrogens (tertiary/aromatic N) is 2. The van der Waals surface area contributed by atoms with Crippen LogP contribution in [0.2, 0.25) is 4.34 Å². The molecular weight excluding hydrogens is 338 g/mol. The van der Waals surface area contributed by atoms with Crippen molar-refractivity contribution in [1.29, 1.82) is 0 Å². The first-order valence-corrected chi connectivity index (χ1v) is 9.17. The lowest BCUT2D eigenvalue weighted by atomic mass is 10.3. The molecule has 0 radical (unpaired) electrons. The molecule has 22 heavy (non-hydrogen) atoms. The predicted octanol–water partition coefficient (Wildman–Crippen LogP) is 3.59. The molecule has 2 rings (SSSR count). The van der Waals surface area contributed by atoms with Crippen molar-refractivity contribution in [2.45, 2.75) is 19.6 Å². The van der Waals surface area contributed by atoms with Gasteiger partial charge in [-0.15, -0.1) is 11.3 Å². The summed E-state index contributed by atoms with van der Waals surface area (Å²) in [7, 11) is 1.99. The van der Waals surface area contributed by atoms with Crippen LogP contribution in [-0.4, -0.2) is 36.1 Å². The molecule has 0 amide bonds. The molecule has 2 aromatic heterocycles. The molecule has 2 heterocycles. The number of hydrogen-bond donors (Lipinski definition) is 2. The molecule has 2 aromatic rings. The molecule has 2 N–H and O–H groups in total. The van der Waals surface area contributed by atoms with Gasteiger partial charge >= 0.3 is 0 Å². The normalized spacial score (nSPS) is 13.2. The molecule has 4 nitrogen and oxygen atoms in total. The van der Waals surface area contributed by atoms with Gasteiger partial charge in [0, 0.05) is 25.0 Å². The van der Waals surface area contributed by atoms with Gasteiger partial charge in [-0.25, -0.2) is 0 Å². The number of aliphatic hydroxyl groups excluding tert-OH is 1. The molecule has 0 aliphatic carbocycles. The molecule has 7 heteroatoms. The third-order valence-corrected chi connectivity index (χ3v) is 5.10. The van der Waals surface area contributed by atoms with Gasteiger partial charge in [0.1, 0.15) is 6.10 Å². The smallest absolute Gasteiger partial charge is 0.194 e. The van der Waals surface area contributed by atoms with Crippen LogP contribution in [0.5, 0.6) is 0 Å². The van der Waals surface area contributed by atoms with Gasteiger partial charge < -0.3 is 15.3 Å². The van der Waals surface area contributed by atoms with Crippen LogP contribution in [-0.2, 0) is 6.54 Å². The lowest BCUT2D eigenvalue weighted by Crippen LogP contribution is -2.38. The highest BCUT2D eigenvalue weighted by atomic mass is 35.5. The summed E-state index contributed by atoms with van der Waals surface area (Å²) in [5, 5.41) is 17.6. The fraction of sp³-hybridized carbons (Fsp3) is 0.400. The fourth-order valence-electron chi connectivity index (χ4n) is 1.97. The zero-order valence-electron chi connectivity index (χ0n) is 12.6. The molecule has 0 saturated carbocycles. The van der Waals surface area contributed by atoms with Gasteiger partial charge in [0.2, 0.25) is 0 Å². The van der Waals surface area contributed by atoms with Crippen molar-refractivity contribution >= 4 is 40.2 Å². The Morgan fingerprint density at radius 2 is 2.27 bits per heavy atom. The van der Waals surface area contributed by atoms with Crippen LogP contribution in [0.15, 0.2) is 34.0 Å². The third-order valence-electron chi connectivity index (χ3n) is 3.03. The Labute approximate surface area is 144 Å². The Balaban J connectivity index is 1.99. The lowest BCUT2D eigenvalue weighted by Gasteiger charge is -2.22. The molecule has 0 fully saturated rings. The van der Waals surface area contributed by atoms with Crippen LogP contribution in [0.1, 0.15) is 23.5 Å². The molecule has 1 atom stereocenters. The monoisotopic (exact) mass is 357 g/mol. The molecule has 0 bridgehead atoms. The van der Waals surface area contributed by atoms with Crippen LogP contribution < -0.4 is 5.32 Å². The van der Waals surface area contributed by atoms with Gasteiger partial charge in [0.25, 0.3) is 0 Å². The zero-order valence-corrected chi connectivity index (χ0v) is 15.0. The van der Waals surface area contributed by atoms with Crippen molar-refractivity contribution < 1.29 is 5.11 Å². The molecular formula is C15H20ClN3OS2. The zero-order chi connectivity index (χ0) is 15.9. The lowest BCUT2D eigenvalue weighted by molar-refractivity contribution is 0.190. The number of guanidine groups is 1. The maximum atomic E-state index is 10.2. The summed E-state index contributed by atoms with van der Waals surface area (Å²) >= 11 is 8.97. The van der Waals surface area contributed by atoms with E-state index in [0.29, 0.717) is 10.9 Å². The number of aliphatic imine (C=N–C) groups is 1. The molecule has 1 unspecified atom stereocenters. The Kier molecular flexibility index (Phi) is 6.70. The van der Waals surface area contributed by atoms with Crippen LogP contribution in [0.3, 0.4) is 0 Å². The van der Waals surface area contributed by atoms with Gasteiger partial charge in [-0.3, -0.25) is 4.99 Å². The van der Waals surface area contributed by atoms with E-state index in [4.69, 9.17) is 11.6 Å². The summed E-state index contributed by atoms with van der Waals surface area (Å²) in [5.41, 5.74) is 1.25. The molecule has 0 saturated heterocycles. The standard InChI is InChI=1S/C15H20ClN3OS2/c1-3-17-15(19(2)9-11-6-7-21-10-11)18-8-12(20)13-4-5-14(16)22-13/h4-7,10,12,20H,3,8-9H2,1-2H3,(H,17,18). The number of rotatable bonds is 6. The second kappa shape index (κ2) is 8.53. The van der Waals surface area contributed by atoms with E-state index in [2.05, 4.69) is 32.0 Å². The number of nitrogens with one attached hydrogen (secondary N) is 1. The van der Waals surface area contributed by atoms with E-state index in [1.165, 1.54) is 16.9 Å². The average molecular weight is 358 g/mol. The summed E-state index contributed by atoms with van der Waals surface area (Å²) in [6.45, 7) is 3.92. The van der Waals surface area contributed by atoms with Crippen LogP contribution in [0.25, 0.3) is 0 Å². The summed E-state index contributed by atoms with van der Waals surface area (Å²) in [6, 6.07) is 5.74. The maximum absolute atomic E-state index is 10.2. The van der Waals surface area contributed by atoms with Gasteiger partial charge in [0.05, 0.1) is 10.9 Å². The van der Waals surface area contributed by atoms with Crippen molar-refractivity contribution in [3.05, 3.63) is 43.7 Å². The first-order valence-electron chi connectivity index (χ1n) is 7.04. The molecule has 0 aromatic carbocycles. The Morgan fingerprint density at radius 1 is 1.45 bits per heavy atom. The fourth-order valence-corrected chi connectivity index (χ4v) is 3.67. The Hall–Kier alpha value is -1.08. The SMILES string of the molecule is CCNC(=NCC(O)c1ccc(Cl)s1)N(C)Cc1ccsc1. The van der Waals surface area contributed by atoms with Gasteiger partial charge in [-0.1, -0.05) is 11.6 Å². The number of hydrogen-bond acceptors (Lipinski definition) is 4. The van der Waals surface area contributed by atoms with Crippen molar-refractivity contribution in [3.8, 4) is 0 Å². The van der Waals surface area contributed by atoms with Gasteiger partial charge in [-0.05, 0) is 41.4 Å². The van der Waals surface area contributed by atoms with E-state index in [1.54, 1.807) is 17.4 Å². The second-order valence-corrected chi connectivity index (χ2v) is 7.37. The van der Waals surface area contributed by atoms with E-state index in [1.807, 2.05) is 20.0 Å². The highest BCUT2D eigenvalue weighted by Crippen LogP contribution is 2.27. The second-order valence-electron chi connectivity index (χ2n) is 4.84. The summed E-state index contributed by atoms with van der Waals surface area (Å²) in [5.74, 6) is 0.787. The first kappa shape index (κ1) is 17.3. The minimum Gasteiger partial charge on any atom is -0.386 e. The van der Waals surface area contributed by atoms with Crippen molar-refractivity contribution in [3.63, 3.8) is 0 Å². The Morgan fingerprint density at radius 3 is 2.86 bits per heavy atom. The van der Waals surface area contributed by atoms with E-state index >= 15 is 0 Å². The molecule has 0 spiro atoms. The summed E-state index contributed by atoms with van der Waals surface area (Å²) in [6.07, 6.45) is -0.624. The number of aliphatic hydroxyl groups is 1. The van der Waals surface area contributed by atoms with Crippen LogP contribution >= 0.6 is 34.3 Å². The summed E-state index contributed by atoms with van der Waals surface area (Å²) < 4.78 is 0.680. The maximum Gasteiger partial charge on any atom is 0.194 e. The predicted molar refractivity (Wildman–Crippen MR) is 96.1 cm³/mol. The largest absolute Gasteiger partial charge is 0.386 e. The van der Waals surface area contributed by atoms with E-state index in [9.17, 15) is 5.11 Å². The van der Waals surface area contributed by atoms with Gasteiger partial charge in [0.15, 0.2) is 5.96 Å². The summed E-state index contributed by atoms with van der Waals surface area (Å²) in [4.78, 5) is 7.42. The quantitative estimate of drug-likeness (QED) is 0.613. The van der Waals surface area contributed by atoms with E-state index < -0.39 is 6.10 Å². The minimum absolute atomic E-state index is 0.313. The third kappa shape index (κ3) is 4.98. The van der Waals surface area contributed by atoms with Crippen molar-refractivity contribution in [1.82, 2.24) is 10.2 Å². The average Bonchev–Trinajstić information content (AvgIpc) is 3.14. The Bertz CT molecular complexity index is 598. The van der Waals surface area contributed by atoms with Crippen LogP contribution in [0.4, 0.5) is 0 Å². The van der Waals surface area contributed by atoms with E-state index in [0.717, 1.165) is 23.9 Å². The number of halogens is 1. The van der Waals surface area contributed by atoms with Gasteiger partial charge in [-0.2, -0.15) is 11.3 Å². The topological polar surface area (TPSA) is 47.9 Å². The van der Waals surface area contributed by atoms with Crippen LogP contribution in [0, 0.1) is 0 Å². The van der Waals surface area contributed by atoms with Crippen molar-refractivity contribution in [2.75, 3.05) is 20.1 Å².